The Hall–Kier alpha value is -1.00. The first-order valence-corrected chi connectivity index (χ1v) is 5.81. The average Bonchev–Trinajstić information content (AvgIpc) is 2.14. The van der Waals surface area contributed by atoms with Gasteiger partial charge in [-0.3, -0.25) is 0 Å². The molecule has 0 spiro atoms. The van der Waals surface area contributed by atoms with E-state index in [1.54, 1.807) is 6.92 Å². The van der Waals surface area contributed by atoms with Crippen molar-refractivity contribution < 1.29 is 13.9 Å². The van der Waals surface area contributed by atoms with Gasteiger partial charge in [-0.1, -0.05) is 6.92 Å². The van der Waals surface area contributed by atoms with Crippen molar-refractivity contribution in [2.45, 2.75) is 32.3 Å². The molecule has 2 nitrogen and oxygen atoms in total. The molecular formula is C13H19F2NO. The van der Waals surface area contributed by atoms with Crippen molar-refractivity contribution >= 4 is 0 Å². The van der Waals surface area contributed by atoms with Gasteiger partial charge in [0.2, 0.25) is 0 Å². The van der Waals surface area contributed by atoms with E-state index in [2.05, 4.69) is 5.32 Å². The van der Waals surface area contributed by atoms with Crippen LogP contribution in [0.5, 0.6) is 0 Å². The number of halogens is 2. The zero-order chi connectivity index (χ0) is 12.9. The average molecular weight is 243 g/mol. The minimum absolute atomic E-state index is 0.221. The van der Waals surface area contributed by atoms with E-state index in [4.69, 9.17) is 0 Å². The molecule has 2 N–H and O–H groups in total. The summed E-state index contributed by atoms with van der Waals surface area (Å²) in [5, 5.41) is 13.2. The van der Waals surface area contributed by atoms with Gasteiger partial charge in [-0.15, -0.1) is 0 Å². The molecule has 1 atom stereocenters. The first-order valence-electron chi connectivity index (χ1n) is 5.81. The van der Waals surface area contributed by atoms with Crippen LogP contribution in [0.25, 0.3) is 0 Å². The van der Waals surface area contributed by atoms with E-state index in [1.807, 2.05) is 6.92 Å². The van der Waals surface area contributed by atoms with Crippen molar-refractivity contribution in [1.29, 1.82) is 0 Å². The van der Waals surface area contributed by atoms with Crippen molar-refractivity contribution in [3.8, 4) is 0 Å². The predicted molar refractivity (Wildman–Crippen MR) is 63.8 cm³/mol. The van der Waals surface area contributed by atoms with Crippen LogP contribution in [0, 0.1) is 11.6 Å². The highest BCUT2D eigenvalue weighted by Gasteiger charge is 2.20. The molecule has 0 amide bonds. The maximum absolute atomic E-state index is 13.0. The number of hydrogen-bond acceptors (Lipinski definition) is 2. The molecule has 0 saturated heterocycles. The fraction of sp³-hybridized carbons (Fsp3) is 0.538. The summed E-state index contributed by atoms with van der Waals surface area (Å²) in [6.45, 7) is 4.90. The second-order valence-corrected chi connectivity index (χ2v) is 4.63. The topological polar surface area (TPSA) is 32.3 Å². The van der Waals surface area contributed by atoms with Gasteiger partial charge in [0.1, 0.15) is 11.6 Å². The second-order valence-electron chi connectivity index (χ2n) is 4.63. The maximum Gasteiger partial charge on any atom is 0.126 e. The van der Waals surface area contributed by atoms with Crippen molar-refractivity contribution in [2.24, 2.45) is 0 Å². The predicted octanol–water partition coefficient (Wildman–Crippen LogP) is 2.26. The Bertz CT molecular complexity index is 346. The summed E-state index contributed by atoms with van der Waals surface area (Å²) >= 11 is 0. The van der Waals surface area contributed by atoms with Crippen LogP contribution in [0.2, 0.25) is 0 Å². The zero-order valence-corrected chi connectivity index (χ0v) is 10.3. The summed E-state index contributed by atoms with van der Waals surface area (Å²) in [6, 6.07) is 3.32. The molecule has 0 saturated carbocycles. The zero-order valence-electron chi connectivity index (χ0n) is 10.3. The second kappa shape index (κ2) is 6.07. The molecule has 0 fully saturated rings. The molecule has 1 aromatic carbocycles. The third kappa shape index (κ3) is 5.24. The summed E-state index contributed by atoms with van der Waals surface area (Å²) in [4.78, 5) is 0. The molecule has 0 heterocycles. The van der Waals surface area contributed by atoms with Crippen LogP contribution in [-0.2, 0) is 6.42 Å². The normalized spacial score (nSPS) is 14.6. The fourth-order valence-electron chi connectivity index (χ4n) is 1.75. The highest BCUT2D eigenvalue weighted by Crippen LogP contribution is 2.15. The first-order chi connectivity index (χ1) is 7.93. The SMILES string of the molecule is CCCNCC(C)(O)Cc1cc(F)cc(F)c1. The number of rotatable bonds is 6. The summed E-state index contributed by atoms with van der Waals surface area (Å²) in [7, 11) is 0. The molecule has 0 bridgehead atoms. The van der Waals surface area contributed by atoms with Crippen LogP contribution in [0.4, 0.5) is 8.78 Å². The molecule has 0 radical (unpaired) electrons. The largest absolute Gasteiger partial charge is 0.389 e. The smallest absolute Gasteiger partial charge is 0.126 e. The minimum Gasteiger partial charge on any atom is -0.389 e. The molecule has 0 aliphatic carbocycles. The standard InChI is InChI=1S/C13H19F2NO/c1-3-4-16-9-13(2,17)8-10-5-11(14)7-12(15)6-10/h5-7,16-17H,3-4,8-9H2,1-2H3. The summed E-state index contributed by atoms with van der Waals surface area (Å²) < 4.78 is 25.9. The van der Waals surface area contributed by atoms with Gasteiger partial charge < -0.3 is 10.4 Å². The van der Waals surface area contributed by atoms with E-state index in [0.717, 1.165) is 19.0 Å². The van der Waals surface area contributed by atoms with Crippen molar-refractivity contribution in [3.05, 3.63) is 35.4 Å². The molecule has 1 aromatic rings. The van der Waals surface area contributed by atoms with Gasteiger partial charge in [0.25, 0.3) is 0 Å². The van der Waals surface area contributed by atoms with Crippen molar-refractivity contribution in [3.63, 3.8) is 0 Å². The number of aliphatic hydroxyl groups is 1. The lowest BCUT2D eigenvalue weighted by molar-refractivity contribution is 0.0602. The molecular weight excluding hydrogens is 224 g/mol. The van der Waals surface area contributed by atoms with Crippen molar-refractivity contribution in [2.75, 3.05) is 13.1 Å². The van der Waals surface area contributed by atoms with E-state index >= 15 is 0 Å². The van der Waals surface area contributed by atoms with E-state index in [0.29, 0.717) is 12.1 Å². The van der Waals surface area contributed by atoms with E-state index in [-0.39, 0.29) is 6.42 Å². The van der Waals surface area contributed by atoms with E-state index < -0.39 is 17.2 Å². The Labute approximate surface area is 101 Å². The Balaban J connectivity index is 2.62. The van der Waals surface area contributed by atoms with Crippen LogP contribution in [-0.4, -0.2) is 23.8 Å². The maximum atomic E-state index is 13.0. The number of benzene rings is 1. The van der Waals surface area contributed by atoms with Crippen molar-refractivity contribution in [1.82, 2.24) is 5.32 Å². The number of nitrogens with one attached hydrogen (secondary N) is 1. The minimum atomic E-state index is -1.00. The lowest BCUT2D eigenvalue weighted by Gasteiger charge is -2.24. The van der Waals surface area contributed by atoms with Crippen LogP contribution in [0.15, 0.2) is 18.2 Å². The van der Waals surface area contributed by atoms with Gasteiger partial charge in [0.05, 0.1) is 5.60 Å². The monoisotopic (exact) mass is 243 g/mol. The lowest BCUT2D eigenvalue weighted by Crippen LogP contribution is -2.40. The molecule has 17 heavy (non-hydrogen) atoms. The lowest BCUT2D eigenvalue weighted by atomic mass is 9.96. The third-order valence-corrected chi connectivity index (χ3v) is 2.44. The van der Waals surface area contributed by atoms with Crippen LogP contribution < -0.4 is 5.32 Å². The molecule has 1 rings (SSSR count). The molecule has 4 heteroatoms. The Kier molecular flexibility index (Phi) is 5.02. The Morgan fingerprint density at radius 3 is 2.35 bits per heavy atom. The van der Waals surface area contributed by atoms with Crippen LogP contribution in [0.1, 0.15) is 25.8 Å². The first kappa shape index (κ1) is 14.1. The highest BCUT2D eigenvalue weighted by atomic mass is 19.1. The highest BCUT2D eigenvalue weighted by molar-refractivity contribution is 5.19. The number of hydrogen-bond donors (Lipinski definition) is 2. The van der Waals surface area contributed by atoms with Crippen LogP contribution >= 0.6 is 0 Å². The fourth-order valence-corrected chi connectivity index (χ4v) is 1.75. The summed E-state index contributed by atoms with van der Waals surface area (Å²) in [5.74, 6) is -1.23. The molecule has 1 unspecified atom stereocenters. The van der Waals surface area contributed by atoms with Gasteiger partial charge in [0, 0.05) is 19.0 Å². The molecule has 96 valence electrons. The summed E-state index contributed by atoms with van der Waals surface area (Å²) in [6.07, 6.45) is 1.20. The molecule has 0 aliphatic rings. The van der Waals surface area contributed by atoms with E-state index in [9.17, 15) is 13.9 Å². The van der Waals surface area contributed by atoms with Gasteiger partial charge in [-0.2, -0.15) is 0 Å². The Morgan fingerprint density at radius 1 is 1.24 bits per heavy atom. The van der Waals surface area contributed by atoms with Gasteiger partial charge in [-0.05, 0) is 37.6 Å². The van der Waals surface area contributed by atoms with E-state index in [1.165, 1.54) is 12.1 Å². The molecule has 0 aliphatic heterocycles. The van der Waals surface area contributed by atoms with Gasteiger partial charge in [0.15, 0.2) is 0 Å². The summed E-state index contributed by atoms with van der Waals surface area (Å²) in [5.41, 5.74) is -0.541. The Morgan fingerprint density at radius 2 is 1.82 bits per heavy atom. The molecule has 0 aromatic heterocycles. The van der Waals surface area contributed by atoms with Crippen LogP contribution in [0.3, 0.4) is 0 Å². The van der Waals surface area contributed by atoms with Gasteiger partial charge in [-0.25, -0.2) is 8.78 Å². The quantitative estimate of drug-likeness (QED) is 0.751. The third-order valence-electron chi connectivity index (χ3n) is 2.44. The van der Waals surface area contributed by atoms with Gasteiger partial charge >= 0.3 is 0 Å².